The summed E-state index contributed by atoms with van der Waals surface area (Å²) >= 11 is 0. The van der Waals surface area contributed by atoms with Crippen molar-refractivity contribution in [2.45, 2.75) is 174 Å². The second-order valence-corrected chi connectivity index (χ2v) is 11.9. The van der Waals surface area contributed by atoms with Crippen LogP contribution in [0.2, 0.25) is 0 Å². The molecule has 4 heteroatoms. The molecule has 0 amide bonds. The molecule has 0 aliphatic carbocycles. The first-order valence-corrected chi connectivity index (χ1v) is 18.2. The Morgan fingerprint density at radius 1 is 0.558 bits per heavy atom. The largest absolute Gasteiger partial charge is 0.457 e. The minimum atomic E-state index is -0.543. The second kappa shape index (κ2) is 36.5. The molecule has 0 fully saturated rings. The number of esters is 1. The van der Waals surface area contributed by atoms with Crippen LogP contribution in [0.3, 0.4) is 0 Å². The lowest BCUT2D eigenvalue weighted by molar-refractivity contribution is -0.154. The van der Waals surface area contributed by atoms with Crippen LogP contribution in [-0.2, 0) is 14.3 Å². The van der Waals surface area contributed by atoms with Gasteiger partial charge < -0.3 is 14.6 Å². The number of carbonyl (C=O) groups is 1. The van der Waals surface area contributed by atoms with Gasteiger partial charge in [-0.3, -0.25) is 4.79 Å². The lowest BCUT2D eigenvalue weighted by Crippen LogP contribution is -2.27. The van der Waals surface area contributed by atoms with E-state index in [1.165, 1.54) is 109 Å². The predicted octanol–water partition coefficient (Wildman–Crippen LogP) is 11.5. The van der Waals surface area contributed by atoms with Crippen molar-refractivity contribution >= 4 is 5.97 Å². The summed E-state index contributed by atoms with van der Waals surface area (Å²) in [6, 6.07) is 0. The van der Waals surface area contributed by atoms with Gasteiger partial charge in [0.25, 0.3) is 0 Å². The fraction of sp³-hybridized carbons (Fsp3) is 0.769. The fourth-order valence-corrected chi connectivity index (χ4v) is 4.86. The standard InChI is InChI=1S/C39H70O4/c1-3-5-7-9-11-13-15-17-19-20-21-22-24-26-28-30-32-34-39(41)43-38(36-40)37-42-35-33-31-29-27-25-23-18-16-14-12-10-8-6-4-2/h8,10-11,13-14,16-17,19,38,40H,3-7,9,12,15,18,20-37H2,1-2H3/b10-8-,13-11-,16-14-,19-17-. The SMILES string of the molecule is CCC/C=C\C/C=C\CCCCCCCCOCC(CO)OC(=O)CCCCCCCCC/C=C\C/C=C\CCCCC. The van der Waals surface area contributed by atoms with E-state index < -0.39 is 6.10 Å². The zero-order chi connectivity index (χ0) is 31.3. The molecule has 250 valence electrons. The molecule has 0 saturated heterocycles. The van der Waals surface area contributed by atoms with Crippen LogP contribution < -0.4 is 0 Å². The number of aliphatic hydroxyl groups excluding tert-OH is 1. The third kappa shape index (κ3) is 34.7. The van der Waals surface area contributed by atoms with Gasteiger partial charge in [0, 0.05) is 13.0 Å². The summed E-state index contributed by atoms with van der Waals surface area (Å²) in [5.41, 5.74) is 0. The Balaban J connectivity index is 3.49. The number of allylic oxidation sites excluding steroid dienone is 8. The number of ether oxygens (including phenoxy) is 2. The molecule has 1 atom stereocenters. The lowest BCUT2D eigenvalue weighted by Gasteiger charge is -2.15. The van der Waals surface area contributed by atoms with Crippen molar-refractivity contribution in [1.82, 2.24) is 0 Å². The average Bonchev–Trinajstić information content (AvgIpc) is 3.01. The maximum absolute atomic E-state index is 12.1. The number of unbranched alkanes of at least 4 members (excludes halogenated alkanes) is 17. The number of aliphatic hydroxyl groups is 1. The minimum Gasteiger partial charge on any atom is -0.457 e. The number of hydrogen-bond acceptors (Lipinski definition) is 4. The van der Waals surface area contributed by atoms with Gasteiger partial charge in [-0.2, -0.15) is 0 Å². The summed E-state index contributed by atoms with van der Waals surface area (Å²) in [6.07, 6.45) is 45.7. The summed E-state index contributed by atoms with van der Waals surface area (Å²) in [5.74, 6) is -0.215. The van der Waals surface area contributed by atoms with Crippen LogP contribution in [0.1, 0.15) is 168 Å². The number of rotatable bonds is 33. The summed E-state index contributed by atoms with van der Waals surface area (Å²) in [4.78, 5) is 12.1. The molecule has 0 saturated carbocycles. The Morgan fingerprint density at radius 3 is 1.53 bits per heavy atom. The van der Waals surface area contributed by atoms with Gasteiger partial charge in [0.2, 0.25) is 0 Å². The van der Waals surface area contributed by atoms with E-state index in [1.54, 1.807) is 0 Å². The van der Waals surface area contributed by atoms with E-state index in [4.69, 9.17) is 9.47 Å². The molecule has 43 heavy (non-hydrogen) atoms. The van der Waals surface area contributed by atoms with Crippen LogP contribution in [0, 0.1) is 0 Å². The van der Waals surface area contributed by atoms with E-state index in [0.717, 1.165) is 38.5 Å². The summed E-state index contributed by atoms with van der Waals surface area (Å²) in [6.45, 7) is 5.22. The minimum absolute atomic E-state index is 0.180. The van der Waals surface area contributed by atoms with Crippen molar-refractivity contribution in [2.24, 2.45) is 0 Å². The molecule has 0 rings (SSSR count). The van der Waals surface area contributed by atoms with Gasteiger partial charge >= 0.3 is 5.97 Å². The van der Waals surface area contributed by atoms with Gasteiger partial charge in [0.05, 0.1) is 13.2 Å². The third-order valence-electron chi connectivity index (χ3n) is 7.61. The fourth-order valence-electron chi connectivity index (χ4n) is 4.86. The highest BCUT2D eigenvalue weighted by Crippen LogP contribution is 2.12. The first-order chi connectivity index (χ1) is 21.2. The molecule has 1 N–H and O–H groups in total. The van der Waals surface area contributed by atoms with Crippen molar-refractivity contribution in [2.75, 3.05) is 19.8 Å². The molecule has 0 aromatic heterocycles. The Morgan fingerprint density at radius 2 is 1.02 bits per heavy atom. The van der Waals surface area contributed by atoms with E-state index in [2.05, 4.69) is 62.5 Å². The molecule has 0 aromatic rings. The normalized spacial score (nSPS) is 12.9. The van der Waals surface area contributed by atoms with Crippen LogP contribution in [0.25, 0.3) is 0 Å². The van der Waals surface area contributed by atoms with Gasteiger partial charge in [-0.25, -0.2) is 0 Å². The van der Waals surface area contributed by atoms with Gasteiger partial charge in [0.15, 0.2) is 0 Å². The van der Waals surface area contributed by atoms with E-state index in [1.807, 2.05) is 0 Å². The quantitative estimate of drug-likeness (QED) is 0.0461. The monoisotopic (exact) mass is 603 g/mol. The molecule has 4 nitrogen and oxygen atoms in total. The summed E-state index contributed by atoms with van der Waals surface area (Å²) in [7, 11) is 0. The average molecular weight is 603 g/mol. The second-order valence-electron chi connectivity index (χ2n) is 11.9. The van der Waals surface area contributed by atoms with Gasteiger partial charge in [-0.15, -0.1) is 0 Å². The molecule has 0 bridgehead atoms. The van der Waals surface area contributed by atoms with Crippen LogP contribution >= 0.6 is 0 Å². The predicted molar refractivity (Wildman–Crippen MR) is 187 cm³/mol. The van der Waals surface area contributed by atoms with Crippen LogP contribution in [0.5, 0.6) is 0 Å². The Hall–Kier alpha value is -1.65. The molecular formula is C39H70O4. The summed E-state index contributed by atoms with van der Waals surface area (Å²) in [5, 5.41) is 9.55. The van der Waals surface area contributed by atoms with E-state index in [-0.39, 0.29) is 19.2 Å². The zero-order valence-electron chi connectivity index (χ0n) is 28.5. The van der Waals surface area contributed by atoms with Crippen molar-refractivity contribution in [1.29, 1.82) is 0 Å². The van der Waals surface area contributed by atoms with Crippen molar-refractivity contribution in [3.05, 3.63) is 48.6 Å². The first kappa shape index (κ1) is 41.4. The molecule has 0 spiro atoms. The Labute approximate surface area is 267 Å². The molecule has 0 heterocycles. The van der Waals surface area contributed by atoms with E-state index >= 15 is 0 Å². The number of carbonyl (C=O) groups excluding carboxylic acids is 1. The van der Waals surface area contributed by atoms with Crippen LogP contribution in [0.4, 0.5) is 0 Å². The molecule has 0 aromatic carbocycles. The molecular weight excluding hydrogens is 532 g/mol. The maximum Gasteiger partial charge on any atom is 0.306 e. The highest BCUT2D eigenvalue weighted by molar-refractivity contribution is 5.69. The highest BCUT2D eigenvalue weighted by Gasteiger charge is 2.13. The van der Waals surface area contributed by atoms with Gasteiger partial charge in [0.1, 0.15) is 6.10 Å². The van der Waals surface area contributed by atoms with E-state index in [9.17, 15) is 9.90 Å². The smallest absolute Gasteiger partial charge is 0.306 e. The molecule has 1 unspecified atom stereocenters. The number of hydrogen-bond donors (Lipinski definition) is 1. The highest BCUT2D eigenvalue weighted by atomic mass is 16.6. The van der Waals surface area contributed by atoms with Crippen molar-refractivity contribution < 1.29 is 19.4 Å². The van der Waals surface area contributed by atoms with Crippen molar-refractivity contribution in [3.63, 3.8) is 0 Å². The lowest BCUT2D eigenvalue weighted by atomic mass is 10.1. The van der Waals surface area contributed by atoms with Gasteiger partial charge in [-0.05, 0) is 70.6 Å². The topological polar surface area (TPSA) is 55.8 Å². The molecule has 0 radical (unpaired) electrons. The zero-order valence-corrected chi connectivity index (χ0v) is 28.5. The van der Waals surface area contributed by atoms with Crippen molar-refractivity contribution in [3.8, 4) is 0 Å². The maximum atomic E-state index is 12.1. The third-order valence-corrected chi connectivity index (χ3v) is 7.61. The van der Waals surface area contributed by atoms with Crippen LogP contribution in [-0.4, -0.2) is 37.0 Å². The molecule has 0 aliphatic rings. The van der Waals surface area contributed by atoms with E-state index in [0.29, 0.717) is 13.0 Å². The summed E-state index contributed by atoms with van der Waals surface area (Å²) < 4.78 is 11.1. The van der Waals surface area contributed by atoms with Gasteiger partial charge in [-0.1, -0.05) is 140 Å². The Kier molecular flexibility index (Phi) is 35.1. The van der Waals surface area contributed by atoms with Crippen LogP contribution in [0.15, 0.2) is 48.6 Å². The first-order valence-electron chi connectivity index (χ1n) is 18.2. The molecule has 0 aliphatic heterocycles. The Bertz CT molecular complexity index is 679.